The number of hydrogen-bond donors (Lipinski definition) is 0. The number of hydrogen-bond acceptors (Lipinski definition) is 2. The van der Waals surface area contributed by atoms with E-state index in [-0.39, 0.29) is 11.4 Å². The molecule has 4 nitrogen and oxygen atoms in total. The van der Waals surface area contributed by atoms with Gasteiger partial charge in [-0.1, -0.05) is 48.6 Å². The van der Waals surface area contributed by atoms with Crippen molar-refractivity contribution in [3.8, 4) is 38.8 Å². The third-order valence-electron chi connectivity index (χ3n) is 13.4. The first-order chi connectivity index (χ1) is 35.4. The second-order valence-electron chi connectivity index (χ2n) is 17.4. The molecule has 1 aliphatic carbocycles. The number of rotatable bonds is 10. The summed E-state index contributed by atoms with van der Waals surface area (Å²) in [5.74, 6) is 0. The number of nitrogens with zero attached hydrogens (tertiary/aromatic N) is 4. The molecule has 0 unspecified atom stereocenters. The van der Waals surface area contributed by atoms with E-state index in [1.54, 1.807) is 17.9 Å². The minimum atomic E-state index is -2.48. The minimum absolute atomic E-state index is 0.0566. The summed E-state index contributed by atoms with van der Waals surface area (Å²) >= 11 is 1.79. The van der Waals surface area contributed by atoms with Gasteiger partial charge in [-0.25, -0.2) is 20.2 Å². The quantitative estimate of drug-likeness (QED) is 0.0593. The van der Waals surface area contributed by atoms with Gasteiger partial charge >= 0.3 is 274 Å². The fourth-order valence-corrected chi connectivity index (χ4v) is 15.9. The standard InChI is InChI=1S/C66H47N4P.Os/c1-6-18-47-27-32-50(33-28-47)54-37-39-59-61(42-54)65(63(44-67)69-4)60-40-38-55(43-62(60)66(59)64(45-68)70-5)51-34-29-48(30-35-51)31-36-52(41-53-20-17-19-49(53)7-2)46(3)71(56-21-11-8-12-22-56,57-23-13-9-14-24-57)58-25-15-10-16-26-58;/h6-16,18,21-43H,17,19-20H2,1-2H3;/q+1;/b18-6+,36-31+,49-7?,52-46?,53-41?,65-63+,66-64-;. The van der Waals surface area contributed by atoms with Gasteiger partial charge in [0.25, 0.3) is 11.4 Å². The Morgan fingerprint density at radius 3 is 1.38 bits per heavy atom. The summed E-state index contributed by atoms with van der Waals surface area (Å²) in [6, 6.07) is 65.5. The molecule has 8 aromatic carbocycles. The Hall–Kier alpha value is -8.47. The molecule has 0 atom stereocenters. The number of benzene rings is 8. The van der Waals surface area contributed by atoms with Crippen molar-refractivity contribution < 1.29 is 17.9 Å². The zero-order chi connectivity index (χ0) is 50.0. The predicted octanol–water partition coefficient (Wildman–Crippen LogP) is 14.3. The number of allylic oxidation sites excluding steroid dienone is 8. The molecule has 343 valence electrons. The van der Waals surface area contributed by atoms with Crippen LogP contribution in [0.3, 0.4) is 0 Å². The molecule has 1 fully saturated rings. The SMILES string of the molecule is [C-]#[N+]/C(C#N)=c1\c2cc(-c3ccc(/C=C/C(C=C4CCCC4=CC)=C([C]#[Os])[P+](c4ccccc4)(c4ccccc4)c4ccccc4)cc3)ccc2/c(=C(/C#N)[N+]#[C-])c2cc(-c3ccc(/C=C/C)cc3)ccc12. The zero-order valence-corrected chi connectivity index (χ0v) is 43.4. The normalized spacial score (nSPS) is 14.9. The third kappa shape index (κ3) is 9.32. The molecule has 0 heterocycles. The van der Waals surface area contributed by atoms with Gasteiger partial charge in [-0.15, -0.1) is 0 Å². The Morgan fingerprint density at radius 2 is 0.972 bits per heavy atom. The Balaban J connectivity index is 1.21. The molecule has 0 bridgehead atoms. The molecule has 0 radical (unpaired) electrons. The van der Waals surface area contributed by atoms with E-state index < -0.39 is 7.26 Å². The van der Waals surface area contributed by atoms with Crippen LogP contribution in [0, 0.1) is 40.2 Å². The third-order valence-corrected chi connectivity index (χ3v) is 18.8. The maximum atomic E-state index is 10.4. The van der Waals surface area contributed by atoms with Gasteiger partial charge in [-0.3, -0.25) is 0 Å². The van der Waals surface area contributed by atoms with Crippen LogP contribution >= 0.6 is 7.26 Å². The van der Waals surface area contributed by atoms with Crippen molar-refractivity contribution in [1.29, 1.82) is 10.5 Å². The zero-order valence-electron chi connectivity index (χ0n) is 39.9. The van der Waals surface area contributed by atoms with Crippen LogP contribution < -0.4 is 26.4 Å². The van der Waals surface area contributed by atoms with E-state index in [9.17, 15) is 10.5 Å². The first kappa shape index (κ1) is 48.5. The summed E-state index contributed by atoms with van der Waals surface area (Å²) < 4.78 is 3.86. The van der Waals surface area contributed by atoms with Gasteiger partial charge in [0, 0.05) is 10.4 Å². The van der Waals surface area contributed by atoms with Gasteiger partial charge in [0.05, 0.1) is 25.3 Å². The Morgan fingerprint density at radius 1 is 0.542 bits per heavy atom. The first-order valence-corrected chi connectivity index (χ1v) is 26.8. The maximum absolute atomic E-state index is 10.4. The topological polar surface area (TPSA) is 56.3 Å². The molecule has 1 aliphatic rings. The molecule has 0 aliphatic heterocycles. The molecule has 0 N–H and O–H groups in total. The molecule has 0 spiro atoms. The first-order valence-electron chi connectivity index (χ1n) is 23.8. The summed E-state index contributed by atoms with van der Waals surface area (Å²) in [5.41, 5.74) is 9.54. The molecule has 72 heavy (non-hydrogen) atoms. The summed E-state index contributed by atoms with van der Waals surface area (Å²) in [4.78, 5) is 7.43. The van der Waals surface area contributed by atoms with Gasteiger partial charge in [0.1, 0.15) is 0 Å². The second-order valence-corrected chi connectivity index (χ2v) is 21.4. The minimum Gasteiger partial charge on any atom is -0.226 e. The molecule has 0 saturated heterocycles. The molecule has 1 saturated carbocycles. The second kappa shape index (κ2) is 22.1. The van der Waals surface area contributed by atoms with Crippen LogP contribution in [-0.2, 0) is 17.9 Å². The summed E-state index contributed by atoms with van der Waals surface area (Å²) in [5, 5.41) is 29.3. The van der Waals surface area contributed by atoms with Gasteiger partial charge in [-0.2, -0.15) is 0 Å². The Bertz CT molecular complexity index is 3790. The average molecular weight is 1120 g/mol. The molecule has 8 aromatic rings. The van der Waals surface area contributed by atoms with Crippen LogP contribution in [0.1, 0.15) is 44.2 Å². The van der Waals surface area contributed by atoms with E-state index in [2.05, 4.69) is 173 Å². The molecule has 0 aromatic heterocycles. The van der Waals surface area contributed by atoms with Crippen molar-refractivity contribution in [2.24, 2.45) is 0 Å². The molecular weight excluding hydrogens is 1070 g/mol. The Kier molecular flexibility index (Phi) is 14.9. The van der Waals surface area contributed by atoms with Crippen LogP contribution in [0.5, 0.6) is 0 Å². The fraction of sp³-hybridized carbons (Fsp3) is 0.0758. The van der Waals surface area contributed by atoms with Gasteiger partial charge < -0.3 is 0 Å². The predicted molar refractivity (Wildman–Crippen MR) is 298 cm³/mol. The summed E-state index contributed by atoms with van der Waals surface area (Å²) in [6.45, 7) is 20.3. The Labute approximate surface area is 432 Å². The number of nitriles is 2. The molecular formula is C66H47N4OsP+. The fourth-order valence-electron chi connectivity index (χ4n) is 10.1. The van der Waals surface area contributed by atoms with E-state index in [0.29, 0.717) is 32.0 Å². The smallest absolute Gasteiger partial charge is 0.226 e. The van der Waals surface area contributed by atoms with Crippen LogP contribution in [0.25, 0.3) is 77.0 Å². The van der Waals surface area contributed by atoms with E-state index in [0.717, 1.165) is 58.2 Å². The van der Waals surface area contributed by atoms with Crippen LogP contribution in [0.15, 0.2) is 222 Å². The molecule has 0 amide bonds. The van der Waals surface area contributed by atoms with Crippen molar-refractivity contribution in [2.45, 2.75) is 33.1 Å². The van der Waals surface area contributed by atoms with E-state index >= 15 is 0 Å². The van der Waals surface area contributed by atoms with Crippen molar-refractivity contribution >= 4 is 68.3 Å². The summed E-state index contributed by atoms with van der Waals surface area (Å²) in [7, 11) is -2.48. The van der Waals surface area contributed by atoms with Gasteiger partial charge in [0.15, 0.2) is 0 Å². The van der Waals surface area contributed by atoms with Gasteiger partial charge in [0.2, 0.25) is 0 Å². The van der Waals surface area contributed by atoms with Gasteiger partial charge in [-0.05, 0) is 45.8 Å². The summed E-state index contributed by atoms with van der Waals surface area (Å²) in [6.07, 6.45) is 16.4. The van der Waals surface area contributed by atoms with E-state index in [4.69, 9.17) is 13.1 Å². The van der Waals surface area contributed by atoms with Crippen LogP contribution in [0.4, 0.5) is 0 Å². The van der Waals surface area contributed by atoms with E-state index in [1.807, 2.05) is 79.7 Å². The van der Waals surface area contributed by atoms with Crippen molar-refractivity contribution in [3.63, 3.8) is 0 Å². The monoisotopic (exact) mass is 1120 g/mol. The van der Waals surface area contributed by atoms with Crippen molar-refractivity contribution in [1.82, 2.24) is 0 Å². The van der Waals surface area contributed by atoms with Crippen molar-refractivity contribution in [2.75, 3.05) is 0 Å². The van der Waals surface area contributed by atoms with E-state index in [1.165, 1.54) is 32.4 Å². The number of fused-ring (bicyclic) bond motifs is 2. The average Bonchev–Trinajstić information content (AvgIpc) is 3.90. The van der Waals surface area contributed by atoms with Crippen LogP contribution in [-0.4, -0.2) is 0 Å². The van der Waals surface area contributed by atoms with Crippen molar-refractivity contribution in [3.05, 3.63) is 267 Å². The molecule has 6 heteroatoms. The van der Waals surface area contributed by atoms with Crippen LogP contribution in [0.2, 0.25) is 0 Å². The molecule has 9 rings (SSSR count).